The number of hydrogen-bond donors (Lipinski definition) is 2. The van der Waals surface area contributed by atoms with Crippen molar-refractivity contribution in [3.63, 3.8) is 0 Å². The van der Waals surface area contributed by atoms with Crippen LogP contribution in [0.1, 0.15) is 25.7 Å². The van der Waals surface area contributed by atoms with Gasteiger partial charge in [0.05, 0.1) is 11.8 Å². The maximum Gasteiger partial charge on any atom is 0.303 e. The number of hydrogen-bond acceptors (Lipinski definition) is 4. The Hall–Kier alpha value is -1.13. The van der Waals surface area contributed by atoms with Gasteiger partial charge in [-0.15, -0.1) is 0 Å². The number of carboxylic acids is 1. The summed E-state index contributed by atoms with van der Waals surface area (Å²) in [6.07, 6.45) is 0.717. The maximum absolute atomic E-state index is 11.2. The van der Waals surface area contributed by atoms with Gasteiger partial charge in [0.15, 0.2) is 0 Å². The maximum atomic E-state index is 11.2. The standard InChI is InChI=1S/C8H14N2O4S/c9-5-1-2-7-15(13,14)10-6-3-4-8(11)12/h10H,1-4,6-7H2,(H,11,12). The van der Waals surface area contributed by atoms with Crippen molar-refractivity contribution in [3.8, 4) is 6.07 Å². The zero-order valence-electron chi connectivity index (χ0n) is 8.27. The van der Waals surface area contributed by atoms with Crippen molar-refractivity contribution in [1.82, 2.24) is 4.72 Å². The van der Waals surface area contributed by atoms with Crippen LogP contribution in [0.5, 0.6) is 0 Å². The van der Waals surface area contributed by atoms with Crippen molar-refractivity contribution < 1.29 is 18.3 Å². The molecule has 2 N–H and O–H groups in total. The Kier molecular flexibility index (Phi) is 6.66. The fraction of sp³-hybridized carbons (Fsp3) is 0.750. The van der Waals surface area contributed by atoms with E-state index in [1.807, 2.05) is 6.07 Å². The van der Waals surface area contributed by atoms with Gasteiger partial charge in [0, 0.05) is 19.4 Å². The molecule has 0 amide bonds. The van der Waals surface area contributed by atoms with Crippen molar-refractivity contribution in [3.05, 3.63) is 0 Å². The third-order valence-corrected chi connectivity index (χ3v) is 3.06. The fourth-order valence-electron chi connectivity index (χ4n) is 0.881. The second-order valence-corrected chi connectivity index (χ2v) is 4.90. The number of nitrogens with zero attached hydrogens (tertiary/aromatic N) is 1. The quantitative estimate of drug-likeness (QED) is 0.578. The molecule has 0 spiro atoms. The summed E-state index contributed by atoms with van der Waals surface area (Å²) in [5.41, 5.74) is 0. The summed E-state index contributed by atoms with van der Waals surface area (Å²) in [6.45, 7) is 0.126. The van der Waals surface area contributed by atoms with Crippen LogP contribution < -0.4 is 4.72 Å². The Balaban J connectivity index is 3.66. The van der Waals surface area contributed by atoms with Gasteiger partial charge < -0.3 is 5.11 Å². The van der Waals surface area contributed by atoms with Gasteiger partial charge in [-0.1, -0.05) is 0 Å². The summed E-state index contributed by atoms with van der Waals surface area (Å²) < 4.78 is 24.6. The van der Waals surface area contributed by atoms with Crippen LogP contribution in [-0.2, 0) is 14.8 Å². The molecule has 6 nitrogen and oxygen atoms in total. The average Bonchev–Trinajstić information content (AvgIpc) is 2.13. The van der Waals surface area contributed by atoms with E-state index in [0.29, 0.717) is 6.42 Å². The molecule has 0 aromatic heterocycles. The summed E-state index contributed by atoms with van der Waals surface area (Å²) >= 11 is 0. The molecule has 0 aliphatic rings. The molecule has 15 heavy (non-hydrogen) atoms. The minimum Gasteiger partial charge on any atom is -0.481 e. The number of nitriles is 1. The fourth-order valence-corrected chi connectivity index (χ4v) is 2.00. The van der Waals surface area contributed by atoms with Crippen LogP contribution in [0.25, 0.3) is 0 Å². The minimum absolute atomic E-state index is 0.0548. The number of sulfonamides is 1. The molecule has 0 rings (SSSR count). The molecular formula is C8H14N2O4S. The van der Waals surface area contributed by atoms with Crippen molar-refractivity contribution >= 4 is 16.0 Å². The molecule has 0 aliphatic carbocycles. The van der Waals surface area contributed by atoms with Gasteiger partial charge in [-0.05, 0) is 12.8 Å². The largest absolute Gasteiger partial charge is 0.481 e. The number of unbranched alkanes of at least 4 members (excludes halogenated alkanes) is 1. The molecule has 0 aromatic rings. The number of nitrogens with one attached hydrogen (secondary N) is 1. The topological polar surface area (TPSA) is 107 Å². The highest BCUT2D eigenvalue weighted by molar-refractivity contribution is 7.89. The summed E-state index contributed by atoms with van der Waals surface area (Å²) in [5.74, 6) is -1.04. The predicted octanol–water partition coefficient (Wildman–Crippen LogP) is 0.0744. The highest BCUT2D eigenvalue weighted by atomic mass is 32.2. The van der Waals surface area contributed by atoms with Crippen molar-refractivity contribution in [2.24, 2.45) is 0 Å². The minimum atomic E-state index is -3.35. The zero-order chi connectivity index (χ0) is 11.7. The first-order chi connectivity index (χ1) is 6.98. The second kappa shape index (κ2) is 7.20. The van der Waals surface area contributed by atoms with Crippen molar-refractivity contribution in [2.75, 3.05) is 12.3 Å². The van der Waals surface area contributed by atoms with E-state index in [2.05, 4.69) is 4.72 Å². The lowest BCUT2D eigenvalue weighted by atomic mass is 10.3. The van der Waals surface area contributed by atoms with Crippen LogP contribution in [0.2, 0.25) is 0 Å². The van der Waals surface area contributed by atoms with Crippen LogP contribution in [0.4, 0.5) is 0 Å². The van der Waals surface area contributed by atoms with Crippen LogP contribution >= 0.6 is 0 Å². The number of rotatable bonds is 8. The van der Waals surface area contributed by atoms with E-state index < -0.39 is 16.0 Å². The Morgan fingerprint density at radius 3 is 2.60 bits per heavy atom. The van der Waals surface area contributed by atoms with Gasteiger partial charge in [0.25, 0.3) is 0 Å². The second-order valence-electron chi connectivity index (χ2n) is 2.97. The molecule has 86 valence electrons. The average molecular weight is 234 g/mol. The lowest BCUT2D eigenvalue weighted by Gasteiger charge is -2.04. The van der Waals surface area contributed by atoms with Gasteiger partial charge in [-0.2, -0.15) is 5.26 Å². The van der Waals surface area contributed by atoms with E-state index in [0.717, 1.165) is 0 Å². The Morgan fingerprint density at radius 1 is 1.40 bits per heavy atom. The van der Waals surface area contributed by atoms with Crippen molar-refractivity contribution in [1.29, 1.82) is 5.26 Å². The molecule has 0 radical (unpaired) electrons. The first-order valence-electron chi connectivity index (χ1n) is 4.54. The summed E-state index contributed by atoms with van der Waals surface area (Å²) in [4.78, 5) is 10.1. The van der Waals surface area contributed by atoms with Crippen molar-refractivity contribution in [2.45, 2.75) is 25.7 Å². The molecule has 0 fully saturated rings. The zero-order valence-corrected chi connectivity index (χ0v) is 9.09. The normalized spacial score (nSPS) is 10.9. The molecule has 0 heterocycles. The van der Waals surface area contributed by atoms with Gasteiger partial charge in [-0.25, -0.2) is 13.1 Å². The third-order valence-electron chi connectivity index (χ3n) is 1.59. The first kappa shape index (κ1) is 13.9. The third kappa shape index (κ3) is 9.18. The summed E-state index contributed by atoms with van der Waals surface area (Å²) in [6, 6.07) is 1.85. The molecule has 0 aromatic carbocycles. The SMILES string of the molecule is N#CCCCS(=O)(=O)NCCCC(=O)O. The number of carboxylic acid groups (broad SMARTS) is 1. The Morgan fingerprint density at radius 2 is 2.07 bits per heavy atom. The molecule has 0 saturated heterocycles. The van der Waals surface area contributed by atoms with Crippen LogP contribution in [-0.4, -0.2) is 31.8 Å². The van der Waals surface area contributed by atoms with Gasteiger partial charge in [-0.3, -0.25) is 4.79 Å². The predicted molar refractivity (Wildman–Crippen MR) is 53.5 cm³/mol. The molecule has 0 saturated carbocycles. The van der Waals surface area contributed by atoms with Gasteiger partial charge in [0.1, 0.15) is 0 Å². The van der Waals surface area contributed by atoms with Gasteiger partial charge >= 0.3 is 5.97 Å². The monoisotopic (exact) mass is 234 g/mol. The number of aliphatic carboxylic acids is 1. The highest BCUT2D eigenvalue weighted by Gasteiger charge is 2.08. The lowest BCUT2D eigenvalue weighted by molar-refractivity contribution is -0.137. The Bertz CT molecular complexity index is 331. The van der Waals surface area contributed by atoms with E-state index in [1.165, 1.54) is 0 Å². The smallest absolute Gasteiger partial charge is 0.303 e. The van der Waals surface area contributed by atoms with E-state index in [1.54, 1.807) is 0 Å². The van der Waals surface area contributed by atoms with Crippen LogP contribution in [0, 0.1) is 11.3 Å². The summed E-state index contributed by atoms with van der Waals surface area (Å²) in [5, 5.41) is 16.5. The van der Waals surface area contributed by atoms with E-state index in [9.17, 15) is 13.2 Å². The van der Waals surface area contributed by atoms with Crippen LogP contribution in [0.15, 0.2) is 0 Å². The molecule has 0 bridgehead atoms. The van der Waals surface area contributed by atoms with Crippen LogP contribution in [0.3, 0.4) is 0 Å². The van der Waals surface area contributed by atoms with E-state index in [-0.39, 0.29) is 31.6 Å². The highest BCUT2D eigenvalue weighted by Crippen LogP contribution is 1.94. The Labute approximate surface area is 89.0 Å². The van der Waals surface area contributed by atoms with E-state index in [4.69, 9.17) is 10.4 Å². The lowest BCUT2D eigenvalue weighted by Crippen LogP contribution is -2.27. The molecule has 7 heteroatoms. The summed E-state index contributed by atoms with van der Waals surface area (Å²) in [7, 11) is -3.35. The first-order valence-corrected chi connectivity index (χ1v) is 6.19. The molecule has 0 aliphatic heterocycles. The molecule has 0 unspecified atom stereocenters. The van der Waals surface area contributed by atoms with Gasteiger partial charge in [0.2, 0.25) is 10.0 Å². The molecule has 0 atom stereocenters. The number of carbonyl (C=O) groups is 1. The molecular weight excluding hydrogens is 220 g/mol. The van der Waals surface area contributed by atoms with E-state index >= 15 is 0 Å².